The first kappa shape index (κ1) is 11.4. The summed E-state index contributed by atoms with van der Waals surface area (Å²) in [4.78, 5) is 11.2. The molecule has 0 aliphatic carbocycles. The third kappa shape index (κ3) is 2.88. The molecule has 0 saturated heterocycles. The zero-order valence-electron chi connectivity index (χ0n) is 7.93. The molecule has 0 unspecified atom stereocenters. The van der Waals surface area contributed by atoms with Gasteiger partial charge in [-0.05, 0) is 13.0 Å². The van der Waals surface area contributed by atoms with Crippen LogP contribution in [-0.4, -0.2) is 4.57 Å². The van der Waals surface area contributed by atoms with Crippen molar-refractivity contribution in [1.82, 2.24) is 4.57 Å². The summed E-state index contributed by atoms with van der Waals surface area (Å²) >= 11 is 0. The highest BCUT2D eigenvalue weighted by molar-refractivity contribution is 5.15. The molecular formula is C10H8F3NO. The summed E-state index contributed by atoms with van der Waals surface area (Å²) in [5, 5.41) is 0. The van der Waals surface area contributed by atoms with Gasteiger partial charge in [-0.15, -0.1) is 5.92 Å². The van der Waals surface area contributed by atoms with Crippen molar-refractivity contribution in [2.24, 2.45) is 0 Å². The Kier molecular flexibility index (Phi) is 3.20. The third-order valence-corrected chi connectivity index (χ3v) is 1.75. The highest BCUT2D eigenvalue weighted by Gasteiger charge is 2.30. The lowest BCUT2D eigenvalue weighted by atomic mass is 10.2. The minimum atomic E-state index is -4.48. The molecule has 5 heteroatoms. The van der Waals surface area contributed by atoms with Crippen LogP contribution in [0.3, 0.4) is 0 Å². The molecular weight excluding hydrogens is 207 g/mol. The van der Waals surface area contributed by atoms with E-state index in [2.05, 4.69) is 11.8 Å². The number of halogens is 3. The molecule has 80 valence electrons. The third-order valence-electron chi connectivity index (χ3n) is 1.75. The van der Waals surface area contributed by atoms with E-state index in [9.17, 15) is 18.0 Å². The summed E-state index contributed by atoms with van der Waals surface area (Å²) in [6, 6.07) is 1.43. The summed E-state index contributed by atoms with van der Waals surface area (Å²) in [6.07, 6.45) is -3.38. The number of aromatic nitrogens is 1. The SMILES string of the molecule is CC#CCn1ccc(C(F)(F)F)cc1=O. The Bertz CT molecular complexity index is 462. The van der Waals surface area contributed by atoms with Crippen molar-refractivity contribution in [2.45, 2.75) is 19.6 Å². The summed E-state index contributed by atoms with van der Waals surface area (Å²) in [5.41, 5.74) is -1.64. The number of hydrogen-bond acceptors (Lipinski definition) is 1. The topological polar surface area (TPSA) is 22.0 Å². The molecule has 1 aromatic heterocycles. The van der Waals surface area contributed by atoms with Crippen LogP contribution in [0.5, 0.6) is 0 Å². The van der Waals surface area contributed by atoms with Gasteiger partial charge in [-0.1, -0.05) is 5.92 Å². The Hall–Kier alpha value is -1.70. The van der Waals surface area contributed by atoms with Crippen LogP contribution in [0.25, 0.3) is 0 Å². The Balaban J connectivity index is 3.07. The molecule has 0 saturated carbocycles. The second-order valence-corrected chi connectivity index (χ2v) is 2.81. The average molecular weight is 215 g/mol. The van der Waals surface area contributed by atoms with Crippen LogP contribution in [0, 0.1) is 11.8 Å². The molecule has 0 bridgehead atoms. The van der Waals surface area contributed by atoms with Crippen molar-refractivity contribution in [1.29, 1.82) is 0 Å². The highest BCUT2D eigenvalue weighted by atomic mass is 19.4. The van der Waals surface area contributed by atoms with Gasteiger partial charge in [0.2, 0.25) is 0 Å². The average Bonchev–Trinajstić information content (AvgIpc) is 2.14. The molecule has 0 aliphatic rings. The van der Waals surface area contributed by atoms with Gasteiger partial charge in [0.1, 0.15) is 0 Å². The Morgan fingerprint density at radius 1 is 1.47 bits per heavy atom. The number of pyridine rings is 1. The van der Waals surface area contributed by atoms with Gasteiger partial charge in [0, 0.05) is 12.3 Å². The van der Waals surface area contributed by atoms with E-state index in [1.165, 1.54) is 0 Å². The van der Waals surface area contributed by atoms with E-state index in [1.807, 2.05) is 0 Å². The maximum absolute atomic E-state index is 12.2. The van der Waals surface area contributed by atoms with E-state index in [1.54, 1.807) is 6.92 Å². The molecule has 0 radical (unpaired) electrons. The van der Waals surface area contributed by atoms with E-state index >= 15 is 0 Å². The number of nitrogens with zero attached hydrogens (tertiary/aromatic N) is 1. The molecule has 1 heterocycles. The summed E-state index contributed by atoms with van der Waals surface area (Å²) in [5.74, 6) is 5.15. The fourth-order valence-corrected chi connectivity index (χ4v) is 0.979. The van der Waals surface area contributed by atoms with E-state index in [0.29, 0.717) is 6.07 Å². The first-order valence-corrected chi connectivity index (χ1v) is 4.12. The van der Waals surface area contributed by atoms with Crippen LogP contribution in [-0.2, 0) is 12.7 Å². The van der Waals surface area contributed by atoms with Crippen LogP contribution in [0.15, 0.2) is 23.1 Å². The molecule has 0 fully saturated rings. The summed E-state index contributed by atoms with van der Waals surface area (Å²) in [7, 11) is 0. The molecule has 0 amide bonds. The fourth-order valence-electron chi connectivity index (χ4n) is 0.979. The Labute approximate surface area is 84.3 Å². The van der Waals surface area contributed by atoms with Gasteiger partial charge >= 0.3 is 6.18 Å². The Morgan fingerprint density at radius 2 is 2.13 bits per heavy atom. The van der Waals surface area contributed by atoms with Crippen molar-refractivity contribution in [2.75, 3.05) is 0 Å². The molecule has 2 nitrogen and oxygen atoms in total. The van der Waals surface area contributed by atoms with Gasteiger partial charge < -0.3 is 4.57 Å². The second-order valence-electron chi connectivity index (χ2n) is 2.81. The minimum absolute atomic E-state index is 0.105. The summed E-state index contributed by atoms with van der Waals surface area (Å²) < 4.78 is 37.6. The molecule has 0 aliphatic heterocycles. The first-order chi connectivity index (χ1) is 6.95. The standard InChI is InChI=1S/C10H8F3NO/c1-2-3-5-14-6-4-8(7-9(14)15)10(11,12)13/h4,6-7H,5H2,1H3. The molecule has 0 atom stereocenters. The van der Waals surface area contributed by atoms with E-state index in [-0.39, 0.29) is 6.54 Å². The van der Waals surface area contributed by atoms with Gasteiger partial charge in [-0.25, -0.2) is 0 Å². The zero-order valence-corrected chi connectivity index (χ0v) is 7.93. The fraction of sp³-hybridized carbons (Fsp3) is 0.300. The van der Waals surface area contributed by atoms with Crippen molar-refractivity contribution in [3.05, 3.63) is 34.2 Å². The van der Waals surface area contributed by atoms with E-state index < -0.39 is 17.3 Å². The largest absolute Gasteiger partial charge is 0.416 e. The zero-order chi connectivity index (χ0) is 11.5. The second kappa shape index (κ2) is 4.22. The number of hydrogen-bond donors (Lipinski definition) is 0. The molecule has 0 spiro atoms. The van der Waals surface area contributed by atoms with E-state index in [4.69, 9.17) is 0 Å². The lowest BCUT2D eigenvalue weighted by Crippen LogP contribution is -2.21. The van der Waals surface area contributed by atoms with Gasteiger partial charge in [0.05, 0.1) is 12.1 Å². The van der Waals surface area contributed by atoms with Crippen LogP contribution in [0.2, 0.25) is 0 Å². The van der Waals surface area contributed by atoms with Crippen molar-refractivity contribution >= 4 is 0 Å². The van der Waals surface area contributed by atoms with Crippen molar-refractivity contribution in [3.8, 4) is 11.8 Å². The minimum Gasteiger partial charge on any atom is -0.304 e. The predicted octanol–water partition coefficient (Wildman–Crippen LogP) is 1.89. The normalized spacial score (nSPS) is 10.7. The molecule has 1 rings (SSSR count). The maximum atomic E-state index is 12.2. The highest BCUT2D eigenvalue weighted by Crippen LogP contribution is 2.27. The molecule has 0 N–H and O–H groups in total. The van der Waals surface area contributed by atoms with Gasteiger partial charge in [0.15, 0.2) is 0 Å². The Morgan fingerprint density at radius 3 is 2.60 bits per heavy atom. The quantitative estimate of drug-likeness (QED) is 0.656. The predicted molar refractivity (Wildman–Crippen MR) is 49.2 cm³/mol. The lowest BCUT2D eigenvalue weighted by Gasteiger charge is -2.07. The van der Waals surface area contributed by atoms with Gasteiger partial charge in [-0.3, -0.25) is 4.79 Å². The summed E-state index contributed by atoms with van der Waals surface area (Å²) in [6.45, 7) is 1.70. The van der Waals surface area contributed by atoms with Gasteiger partial charge in [0.25, 0.3) is 5.56 Å². The monoisotopic (exact) mass is 215 g/mol. The van der Waals surface area contributed by atoms with Crippen LogP contribution < -0.4 is 5.56 Å². The van der Waals surface area contributed by atoms with Crippen LogP contribution >= 0.6 is 0 Å². The first-order valence-electron chi connectivity index (χ1n) is 4.12. The van der Waals surface area contributed by atoms with Crippen LogP contribution in [0.4, 0.5) is 13.2 Å². The number of alkyl halides is 3. The lowest BCUT2D eigenvalue weighted by molar-refractivity contribution is -0.137. The maximum Gasteiger partial charge on any atom is 0.416 e. The smallest absolute Gasteiger partial charge is 0.304 e. The molecule has 1 aromatic rings. The van der Waals surface area contributed by atoms with Crippen molar-refractivity contribution < 1.29 is 13.2 Å². The molecule has 0 aromatic carbocycles. The number of rotatable bonds is 1. The van der Waals surface area contributed by atoms with E-state index in [0.717, 1.165) is 16.8 Å². The van der Waals surface area contributed by atoms with Crippen molar-refractivity contribution in [3.63, 3.8) is 0 Å². The molecule has 15 heavy (non-hydrogen) atoms. The van der Waals surface area contributed by atoms with Crippen LogP contribution in [0.1, 0.15) is 12.5 Å². The van der Waals surface area contributed by atoms with Gasteiger partial charge in [-0.2, -0.15) is 13.2 Å².